The molecular weight excluding hydrogens is 176 g/mol. The molecule has 0 spiro atoms. The second-order valence-electron chi connectivity index (χ2n) is 2.03. The maximum absolute atomic E-state index is 11.1. The van der Waals surface area contributed by atoms with Gasteiger partial charge in [-0.05, 0) is 13.2 Å². The van der Waals surface area contributed by atoms with Crippen LogP contribution in [0.4, 0.5) is 0 Å². The van der Waals surface area contributed by atoms with Crippen LogP contribution in [0.25, 0.3) is 0 Å². The molecule has 0 bridgehead atoms. The van der Waals surface area contributed by atoms with Gasteiger partial charge in [0.05, 0.1) is 12.8 Å². The molecular formula is C7H10N2O2S. The highest BCUT2D eigenvalue weighted by molar-refractivity contribution is 7.98. The van der Waals surface area contributed by atoms with Crippen LogP contribution in [0.1, 0.15) is 17.4 Å². The second-order valence-corrected chi connectivity index (χ2v) is 2.82. The smallest absolute Gasteiger partial charge is 0.356 e. The first-order valence-electron chi connectivity index (χ1n) is 3.54. The number of imidazole rings is 1. The van der Waals surface area contributed by atoms with Crippen LogP contribution in [0.5, 0.6) is 0 Å². The van der Waals surface area contributed by atoms with Crippen molar-refractivity contribution in [2.45, 2.75) is 12.1 Å². The third kappa shape index (κ3) is 2.01. The van der Waals surface area contributed by atoms with E-state index in [0.717, 1.165) is 5.16 Å². The van der Waals surface area contributed by atoms with E-state index in [1.54, 1.807) is 6.92 Å². The average Bonchev–Trinajstić information content (AvgIpc) is 2.52. The van der Waals surface area contributed by atoms with E-state index in [1.165, 1.54) is 18.0 Å². The molecule has 0 aliphatic rings. The van der Waals surface area contributed by atoms with Crippen LogP contribution < -0.4 is 0 Å². The standard InChI is InChI=1S/C7H10N2O2S/c1-3-11-6(10)5-4-8-7(9-5)12-2/h4H,3H2,1-2H3,(H,8,9). The summed E-state index contributed by atoms with van der Waals surface area (Å²) in [5.41, 5.74) is 0.404. The van der Waals surface area contributed by atoms with Crippen LogP contribution in [0.2, 0.25) is 0 Å². The normalized spacial score (nSPS) is 9.83. The first-order chi connectivity index (χ1) is 5.77. The minimum absolute atomic E-state index is 0.356. The van der Waals surface area contributed by atoms with Crippen molar-refractivity contribution < 1.29 is 9.53 Å². The van der Waals surface area contributed by atoms with Crippen LogP contribution in [-0.2, 0) is 4.74 Å². The summed E-state index contributed by atoms with van der Waals surface area (Å²) in [7, 11) is 0. The molecule has 5 heteroatoms. The van der Waals surface area contributed by atoms with E-state index in [4.69, 9.17) is 4.74 Å². The van der Waals surface area contributed by atoms with E-state index in [1.807, 2.05) is 6.26 Å². The summed E-state index contributed by atoms with van der Waals surface area (Å²) in [4.78, 5) is 17.8. The Balaban J connectivity index is 2.68. The van der Waals surface area contributed by atoms with Gasteiger partial charge >= 0.3 is 5.97 Å². The summed E-state index contributed by atoms with van der Waals surface area (Å²) in [5, 5.41) is 0.720. The molecule has 1 heterocycles. The molecule has 0 saturated heterocycles. The van der Waals surface area contributed by atoms with Gasteiger partial charge < -0.3 is 9.72 Å². The number of nitrogens with zero attached hydrogens (tertiary/aromatic N) is 1. The number of aromatic amines is 1. The first-order valence-corrected chi connectivity index (χ1v) is 4.76. The van der Waals surface area contributed by atoms with Gasteiger partial charge in [-0.25, -0.2) is 9.78 Å². The van der Waals surface area contributed by atoms with Crippen molar-refractivity contribution >= 4 is 17.7 Å². The topological polar surface area (TPSA) is 55.0 Å². The van der Waals surface area contributed by atoms with E-state index in [2.05, 4.69) is 9.97 Å². The lowest BCUT2D eigenvalue weighted by Gasteiger charge is -1.96. The van der Waals surface area contributed by atoms with Gasteiger partial charge in [0.15, 0.2) is 5.16 Å². The average molecular weight is 186 g/mol. The first kappa shape index (κ1) is 9.12. The van der Waals surface area contributed by atoms with E-state index in [-0.39, 0.29) is 5.97 Å². The lowest BCUT2D eigenvalue weighted by molar-refractivity contribution is 0.0519. The molecule has 12 heavy (non-hydrogen) atoms. The Labute approximate surface area is 74.7 Å². The third-order valence-electron chi connectivity index (χ3n) is 1.24. The van der Waals surface area contributed by atoms with Crippen molar-refractivity contribution in [3.8, 4) is 0 Å². The zero-order valence-electron chi connectivity index (χ0n) is 6.96. The SMILES string of the molecule is CCOC(=O)c1cnc(SC)[nH]1. The van der Waals surface area contributed by atoms with Gasteiger partial charge in [0.1, 0.15) is 5.69 Å². The monoisotopic (exact) mass is 186 g/mol. The van der Waals surface area contributed by atoms with Gasteiger partial charge in [-0.3, -0.25) is 0 Å². The Morgan fingerprint density at radius 1 is 1.83 bits per heavy atom. The molecule has 66 valence electrons. The van der Waals surface area contributed by atoms with Crippen LogP contribution in [0, 0.1) is 0 Å². The Kier molecular flexibility index (Phi) is 3.16. The zero-order valence-corrected chi connectivity index (χ0v) is 7.77. The Morgan fingerprint density at radius 3 is 3.08 bits per heavy atom. The van der Waals surface area contributed by atoms with E-state index in [0.29, 0.717) is 12.3 Å². The van der Waals surface area contributed by atoms with Crippen molar-refractivity contribution in [2.75, 3.05) is 12.9 Å². The van der Waals surface area contributed by atoms with Gasteiger partial charge in [0.2, 0.25) is 0 Å². The van der Waals surface area contributed by atoms with Gasteiger partial charge in [-0.2, -0.15) is 0 Å². The fourth-order valence-electron chi connectivity index (χ4n) is 0.719. The lowest BCUT2D eigenvalue weighted by atomic mass is 10.5. The number of rotatable bonds is 3. The number of ether oxygens (including phenoxy) is 1. The summed E-state index contributed by atoms with van der Waals surface area (Å²) in [6.45, 7) is 2.15. The van der Waals surface area contributed by atoms with Gasteiger partial charge in [0, 0.05) is 0 Å². The minimum Gasteiger partial charge on any atom is -0.461 e. The van der Waals surface area contributed by atoms with E-state index < -0.39 is 0 Å². The number of carbonyl (C=O) groups excluding carboxylic acids is 1. The van der Waals surface area contributed by atoms with Crippen LogP contribution in [-0.4, -0.2) is 28.8 Å². The third-order valence-corrected chi connectivity index (χ3v) is 1.84. The highest BCUT2D eigenvalue weighted by atomic mass is 32.2. The molecule has 0 aliphatic carbocycles. The number of esters is 1. The molecule has 0 amide bonds. The van der Waals surface area contributed by atoms with Crippen molar-refractivity contribution in [1.29, 1.82) is 0 Å². The number of thioether (sulfide) groups is 1. The maximum atomic E-state index is 11.1. The van der Waals surface area contributed by atoms with Crippen molar-refractivity contribution in [2.24, 2.45) is 0 Å². The van der Waals surface area contributed by atoms with Crippen molar-refractivity contribution in [1.82, 2.24) is 9.97 Å². The molecule has 0 aliphatic heterocycles. The quantitative estimate of drug-likeness (QED) is 0.571. The number of H-pyrrole nitrogens is 1. The number of hydrogen-bond acceptors (Lipinski definition) is 4. The summed E-state index contributed by atoms with van der Waals surface area (Å²) in [5.74, 6) is -0.356. The highest BCUT2D eigenvalue weighted by Crippen LogP contribution is 2.09. The Bertz CT molecular complexity index is 272. The maximum Gasteiger partial charge on any atom is 0.356 e. The van der Waals surface area contributed by atoms with Crippen LogP contribution >= 0.6 is 11.8 Å². The molecule has 4 nitrogen and oxygen atoms in total. The summed E-state index contributed by atoms with van der Waals surface area (Å²) >= 11 is 1.45. The van der Waals surface area contributed by atoms with Crippen molar-refractivity contribution in [3.05, 3.63) is 11.9 Å². The summed E-state index contributed by atoms with van der Waals surface area (Å²) < 4.78 is 4.77. The fraction of sp³-hybridized carbons (Fsp3) is 0.429. The lowest BCUT2D eigenvalue weighted by Crippen LogP contribution is -2.04. The molecule has 0 aromatic carbocycles. The van der Waals surface area contributed by atoms with E-state index in [9.17, 15) is 4.79 Å². The number of nitrogens with one attached hydrogen (secondary N) is 1. The van der Waals surface area contributed by atoms with Gasteiger partial charge in [-0.1, -0.05) is 11.8 Å². The summed E-state index contributed by atoms with van der Waals surface area (Å²) in [6.07, 6.45) is 3.36. The molecule has 0 atom stereocenters. The second kappa shape index (κ2) is 4.15. The minimum atomic E-state index is -0.356. The molecule has 0 saturated carbocycles. The Morgan fingerprint density at radius 2 is 2.58 bits per heavy atom. The number of aromatic nitrogens is 2. The predicted octanol–water partition coefficient (Wildman–Crippen LogP) is 1.31. The molecule has 0 fully saturated rings. The molecule has 1 rings (SSSR count). The Hall–Kier alpha value is -0.970. The molecule has 1 aromatic heterocycles. The van der Waals surface area contributed by atoms with Gasteiger partial charge in [-0.15, -0.1) is 0 Å². The van der Waals surface area contributed by atoms with Gasteiger partial charge in [0.25, 0.3) is 0 Å². The van der Waals surface area contributed by atoms with Crippen molar-refractivity contribution in [3.63, 3.8) is 0 Å². The zero-order chi connectivity index (χ0) is 8.97. The molecule has 0 radical (unpaired) electrons. The highest BCUT2D eigenvalue weighted by Gasteiger charge is 2.08. The van der Waals surface area contributed by atoms with E-state index >= 15 is 0 Å². The predicted molar refractivity (Wildman–Crippen MR) is 46.3 cm³/mol. The number of hydrogen-bond donors (Lipinski definition) is 1. The fourth-order valence-corrected chi connectivity index (χ4v) is 1.09. The van der Waals surface area contributed by atoms with Crippen LogP contribution in [0.3, 0.4) is 0 Å². The largest absolute Gasteiger partial charge is 0.461 e. The molecule has 0 unspecified atom stereocenters. The molecule has 1 aromatic rings. The van der Waals surface area contributed by atoms with Crippen LogP contribution in [0.15, 0.2) is 11.4 Å². The molecule has 1 N–H and O–H groups in total. The number of carbonyl (C=O) groups is 1. The summed E-state index contributed by atoms with van der Waals surface area (Å²) in [6, 6.07) is 0.